The lowest BCUT2D eigenvalue weighted by atomic mass is 9.98. The third-order valence-corrected chi connectivity index (χ3v) is 2.91. The number of hydrogen-bond donors (Lipinski definition) is 3. The van der Waals surface area contributed by atoms with Crippen molar-refractivity contribution >= 4 is 24.2 Å². The van der Waals surface area contributed by atoms with Gasteiger partial charge >= 0.3 is 0 Å². The van der Waals surface area contributed by atoms with Crippen molar-refractivity contribution in [3.8, 4) is 5.75 Å². The summed E-state index contributed by atoms with van der Waals surface area (Å²) in [7, 11) is 0. The van der Waals surface area contributed by atoms with Crippen LogP contribution in [-0.2, 0) is 4.79 Å². The minimum absolute atomic E-state index is 0.0854. The van der Waals surface area contributed by atoms with Gasteiger partial charge in [-0.25, -0.2) is 0 Å². The number of carbonyl (C=O) groups is 1. The highest BCUT2D eigenvalue weighted by Gasteiger charge is 2.09. The highest BCUT2D eigenvalue weighted by molar-refractivity contribution is 7.81. The number of rotatable bonds is 4. The van der Waals surface area contributed by atoms with Crippen LogP contribution in [0.2, 0.25) is 0 Å². The number of anilines is 1. The molecule has 88 valence electrons. The van der Waals surface area contributed by atoms with Crippen LogP contribution in [0.4, 0.5) is 5.69 Å². The van der Waals surface area contributed by atoms with Crippen molar-refractivity contribution in [2.24, 2.45) is 0 Å². The van der Waals surface area contributed by atoms with Gasteiger partial charge in [-0.05, 0) is 30.0 Å². The summed E-state index contributed by atoms with van der Waals surface area (Å²) in [6, 6.07) is 5.29. The Balaban J connectivity index is 2.94. The first kappa shape index (κ1) is 12.9. The molecule has 3 nitrogen and oxygen atoms in total. The van der Waals surface area contributed by atoms with Crippen LogP contribution < -0.4 is 5.32 Å². The second-order valence-electron chi connectivity index (χ2n) is 3.79. The molecule has 0 heterocycles. The molecule has 0 saturated carbocycles. The lowest BCUT2D eigenvalue weighted by Crippen LogP contribution is -2.13. The summed E-state index contributed by atoms with van der Waals surface area (Å²) in [5.74, 6) is 0.377. The monoisotopic (exact) mass is 239 g/mol. The third-order valence-electron chi connectivity index (χ3n) is 2.62. The van der Waals surface area contributed by atoms with Gasteiger partial charge in [-0.2, -0.15) is 12.6 Å². The molecule has 1 aromatic carbocycles. The van der Waals surface area contributed by atoms with E-state index >= 15 is 0 Å². The zero-order valence-electron chi connectivity index (χ0n) is 9.53. The van der Waals surface area contributed by atoms with Crippen LogP contribution in [0.15, 0.2) is 18.2 Å². The SMILES string of the molecule is CCC(C)c1ccc(O)c(NC(=O)CS)c1. The van der Waals surface area contributed by atoms with E-state index in [1.54, 1.807) is 6.07 Å². The zero-order chi connectivity index (χ0) is 12.1. The maximum absolute atomic E-state index is 11.2. The number of phenolic OH excluding ortho intramolecular Hbond substituents is 1. The molecule has 0 aliphatic heterocycles. The Hall–Kier alpha value is -1.16. The fourth-order valence-corrected chi connectivity index (χ4v) is 1.46. The number of amides is 1. The van der Waals surface area contributed by atoms with Crippen LogP contribution in [0.5, 0.6) is 5.75 Å². The van der Waals surface area contributed by atoms with Crippen molar-refractivity contribution in [2.45, 2.75) is 26.2 Å². The predicted octanol–water partition coefficient (Wildman–Crippen LogP) is 2.77. The first-order valence-corrected chi connectivity index (χ1v) is 5.95. The van der Waals surface area contributed by atoms with E-state index in [-0.39, 0.29) is 17.4 Å². The van der Waals surface area contributed by atoms with E-state index in [0.29, 0.717) is 11.6 Å². The maximum Gasteiger partial charge on any atom is 0.234 e. The Morgan fingerprint density at radius 1 is 1.56 bits per heavy atom. The summed E-state index contributed by atoms with van der Waals surface area (Å²) in [4.78, 5) is 11.2. The number of benzene rings is 1. The minimum atomic E-state index is -0.222. The van der Waals surface area contributed by atoms with Crippen LogP contribution >= 0.6 is 12.6 Å². The molecule has 1 aromatic rings. The summed E-state index contributed by atoms with van der Waals surface area (Å²) < 4.78 is 0. The molecule has 4 heteroatoms. The summed E-state index contributed by atoms with van der Waals surface area (Å²) in [5.41, 5.74) is 1.56. The molecule has 0 spiro atoms. The number of phenols is 1. The van der Waals surface area contributed by atoms with E-state index in [1.807, 2.05) is 12.1 Å². The van der Waals surface area contributed by atoms with Crippen LogP contribution in [-0.4, -0.2) is 16.8 Å². The molecule has 0 aliphatic rings. The molecule has 0 aromatic heterocycles. The Kier molecular flexibility index (Phi) is 4.68. The maximum atomic E-state index is 11.2. The van der Waals surface area contributed by atoms with Gasteiger partial charge in [0, 0.05) is 0 Å². The molecule has 16 heavy (non-hydrogen) atoms. The molecule has 0 bridgehead atoms. The minimum Gasteiger partial charge on any atom is -0.506 e. The molecule has 1 amide bonds. The lowest BCUT2D eigenvalue weighted by Gasteiger charge is -2.12. The highest BCUT2D eigenvalue weighted by Crippen LogP contribution is 2.28. The Bertz CT molecular complexity index is 379. The number of aromatic hydroxyl groups is 1. The Morgan fingerprint density at radius 2 is 2.25 bits per heavy atom. The van der Waals surface area contributed by atoms with Gasteiger partial charge in [-0.1, -0.05) is 19.9 Å². The van der Waals surface area contributed by atoms with Crippen molar-refractivity contribution in [3.63, 3.8) is 0 Å². The fraction of sp³-hybridized carbons (Fsp3) is 0.417. The van der Waals surface area contributed by atoms with Gasteiger partial charge in [0.2, 0.25) is 5.91 Å². The summed E-state index contributed by atoms with van der Waals surface area (Å²) in [6.07, 6.45) is 1.02. The van der Waals surface area contributed by atoms with Crippen molar-refractivity contribution in [1.82, 2.24) is 0 Å². The number of thiol groups is 1. The molecule has 2 N–H and O–H groups in total. The molecule has 1 atom stereocenters. The van der Waals surface area contributed by atoms with Crippen LogP contribution in [0.1, 0.15) is 31.7 Å². The van der Waals surface area contributed by atoms with E-state index in [9.17, 15) is 9.90 Å². The molecule has 0 fully saturated rings. The van der Waals surface area contributed by atoms with Crippen LogP contribution in [0, 0.1) is 0 Å². The molecule has 1 unspecified atom stereocenters. The second kappa shape index (κ2) is 5.80. The lowest BCUT2D eigenvalue weighted by molar-refractivity contribution is -0.113. The molecular formula is C12H17NO2S. The number of carbonyl (C=O) groups excluding carboxylic acids is 1. The first-order valence-electron chi connectivity index (χ1n) is 5.32. The van der Waals surface area contributed by atoms with E-state index in [1.165, 1.54) is 0 Å². The topological polar surface area (TPSA) is 49.3 Å². The van der Waals surface area contributed by atoms with Gasteiger partial charge in [0.15, 0.2) is 0 Å². The van der Waals surface area contributed by atoms with Gasteiger partial charge in [0.1, 0.15) is 5.75 Å². The first-order chi connectivity index (χ1) is 7.58. The third kappa shape index (κ3) is 3.17. The number of hydrogen-bond acceptors (Lipinski definition) is 3. The smallest absolute Gasteiger partial charge is 0.234 e. The standard InChI is InChI=1S/C12H17NO2S/c1-3-8(2)9-4-5-11(14)10(6-9)13-12(15)7-16/h4-6,8,14,16H,3,7H2,1-2H3,(H,13,15). The average Bonchev–Trinajstić information content (AvgIpc) is 2.30. The summed E-state index contributed by atoms with van der Waals surface area (Å²) >= 11 is 3.87. The molecule has 0 radical (unpaired) electrons. The second-order valence-corrected chi connectivity index (χ2v) is 4.11. The fourth-order valence-electron chi connectivity index (χ4n) is 1.39. The van der Waals surface area contributed by atoms with Crippen molar-refractivity contribution in [1.29, 1.82) is 0 Å². The summed E-state index contributed by atoms with van der Waals surface area (Å²) in [6.45, 7) is 4.21. The van der Waals surface area contributed by atoms with Crippen LogP contribution in [0.25, 0.3) is 0 Å². The van der Waals surface area contributed by atoms with Gasteiger partial charge in [0.05, 0.1) is 11.4 Å². The Morgan fingerprint density at radius 3 is 2.81 bits per heavy atom. The zero-order valence-corrected chi connectivity index (χ0v) is 10.4. The van der Waals surface area contributed by atoms with Gasteiger partial charge in [0.25, 0.3) is 0 Å². The van der Waals surface area contributed by atoms with E-state index in [2.05, 4.69) is 31.8 Å². The van der Waals surface area contributed by atoms with Gasteiger partial charge in [-0.15, -0.1) is 0 Å². The van der Waals surface area contributed by atoms with Crippen molar-refractivity contribution < 1.29 is 9.90 Å². The van der Waals surface area contributed by atoms with Crippen LogP contribution in [0.3, 0.4) is 0 Å². The van der Waals surface area contributed by atoms with E-state index in [0.717, 1.165) is 12.0 Å². The van der Waals surface area contributed by atoms with E-state index < -0.39 is 0 Å². The summed E-state index contributed by atoms with van der Waals surface area (Å²) in [5, 5.41) is 12.2. The molecule has 1 rings (SSSR count). The quantitative estimate of drug-likeness (QED) is 0.559. The average molecular weight is 239 g/mol. The molecule has 0 saturated heterocycles. The highest BCUT2D eigenvalue weighted by atomic mass is 32.1. The Labute approximate surface area is 101 Å². The predicted molar refractivity (Wildman–Crippen MR) is 69.3 cm³/mol. The van der Waals surface area contributed by atoms with Gasteiger partial charge < -0.3 is 10.4 Å². The largest absolute Gasteiger partial charge is 0.506 e. The van der Waals surface area contributed by atoms with Crippen molar-refractivity contribution in [3.05, 3.63) is 23.8 Å². The van der Waals surface area contributed by atoms with E-state index in [4.69, 9.17) is 0 Å². The van der Waals surface area contributed by atoms with Crippen molar-refractivity contribution in [2.75, 3.05) is 11.1 Å². The van der Waals surface area contributed by atoms with Gasteiger partial charge in [-0.3, -0.25) is 4.79 Å². The normalized spacial score (nSPS) is 12.2. The molecule has 0 aliphatic carbocycles. The molecular weight excluding hydrogens is 222 g/mol. The number of nitrogens with one attached hydrogen (secondary N) is 1.